The van der Waals surface area contributed by atoms with Crippen LogP contribution in [0.15, 0.2) is 30.3 Å². The number of nitrogens with one attached hydrogen (secondary N) is 1. The molecule has 0 saturated carbocycles. The van der Waals surface area contributed by atoms with Crippen molar-refractivity contribution in [2.24, 2.45) is 0 Å². The fraction of sp³-hybridized carbons (Fsp3) is 0. The molecule has 7 heteroatoms. The van der Waals surface area contributed by atoms with E-state index in [9.17, 15) is 9.18 Å². The van der Waals surface area contributed by atoms with E-state index in [1.807, 2.05) is 0 Å². The van der Waals surface area contributed by atoms with Crippen molar-refractivity contribution in [3.8, 4) is 0 Å². The molecular formula is C13H8Cl3FN2O. The van der Waals surface area contributed by atoms with Crippen LogP contribution in [0.1, 0.15) is 10.4 Å². The molecule has 0 atom stereocenters. The minimum atomic E-state index is -0.565. The molecule has 0 aliphatic rings. The third-order valence-electron chi connectivity index (χ3n) is 2.42. The van der Waals surface area contributed by atoms with E-state index in [0.717, 1.165) is 12.1 Å². The van der Waals surface area contributed by atoms with Gasteiger partial charge < -0.3 is 11.1 Å². The molecule has 0 aliphatic heterocycles. The molecule has 0 spiro atoms. The predicted molar refractivity (Wildman–Crippen MR) is 80.2 cm³/mol. The Morgan fingerprint density at radius 1 is 1.10 bits per heavy atom. The number of carbonyl (C=O) groups excluding carboxylic acids is 1. The number of amides is 1. The van der Waals surface area contributed by atoms with Crippen molar-refractivity contribution >= 4 is 52.1 Å². The van der Waals surface area contributed by atoms with Gasteiger partial charge in [-0.3, -0.25) is 4.79 Å². The fourth-order valence-electron chi connectivity index (χ4n) is 1.60. The average molecular weight is 334 g/mol. The second kappa shape index (κ2) is 5.87. The molecule has 0 aromatic heterocycles. The Morgan fingerprint density at radius 2 is 1.80 bits per heavy atom. The van der Waals surface area contributed by atoms with Crippen molar-refractivity contribution in [2.45, 2.75) is 0 Å². The van der Waals surface area contributed by atoms with Crippen LogP contribution in [0.3, 0.4) is 0 Å². The first kappa shape index (κ1) is 14.9. The first-order valence-electron chi connectivity index (χ1n) is 5.39. The minimum Gasteiger partial charge on any atom is -0.399 e. The smallest absolute Gasteiger partial charge is 0.257 e. The van der Waals surface area contributed by atoms with E-state index >= 15 is 0 Å². The molecule has 0 saturated heterocycles. The van der Waals surface area contributed by atoms with Gasteiger partial charge in [-0.15, -0.1) is 0 Å². The number of halogens is 4. The summed E-state index contributed by atoms with van der Waals surface area (Å²) in [6.07, 6.45) is 0. The summed E-state index contributed by atoms with van der Waals surface area (Å²) in [5, 5.41) is 2.87. The zero-order valence-corrected chi connectivity index (χ0v) is 12.2. The van der Waals surface area contributed by atoms with Crippen LogP contribution in [0.4, 0.5) is 15.8 Å². The first-order valence-corrected chi connectivity index (χ1v) is 6.52. The van der Waals surface area contributed by atoms with Gasteiger partial charge in [0.05, 0.1) is 15.6 Å². The van der Waals surface area contributed by atoms with Crippen LogP contribution < -0.4 is 11.1 Å². The largest absolute Gasteiger partial charge is 0.399 e. The molecule has 0 heterocycles. The topological polar surface area (TPSA) is 55.1 Å². The number of anilines is 2. The quantitative estimate of drug-likeness (QED) is 0.788. The number of carbonyl (C=O) groups is 1. The lowest BCUT2D eigenvalue weighted by molar-refractivity contribution is 0.102. The summed E-state index contributed by atoms with van der Waals surface area (Å²) in [5.74, 6) is -1.13. The zero-order valence-electron chi connectivity index (χ0n) is 9.88. The summed E-state index contributed by atoms with van der Waals surface area (Å²) in [5.41, 5.74) is 6.19. The number of nitrogens with two attached hydrogens (primary N) is 1. The van der Waals surface area contributed by atoms with E-state index in [-0.39, 0.29) is 26.3 Å². The van der Waals surface area contributed by atoms with Gasteiger partial charge in [-0.2, -0.15) is 0 Å². The first-order chi connectivity index (χ1) is 9.36. The predicted octanol–water partition coefficient (Wildman–Crippen LogP) is 4.62. The lowest BCUT2D eigenvalue weighted by atomic mass is 10.2. The molecule has 0 fully saturated rings. The van der Waals surface area contributed by atoms with Gasteiger partial charge in [0.15, 0.2) is 0 Å². The molecule has 2 rings (SSSR count). The van der Waals surface area contributed by atoms with Gasteiger partial charge >= 0.3 is 0 Å². The Hall–Kier alpha value is -1.49. The van der Waals surface area contributed by atoms with Crippen LogP contribution in [-0.4, -0.2) is 5.91 Å². The Labute approximate surface area is 129 Å². The summed E-state index contributed by atoms with van der Waals surface area (Å²) >= 11 is 17.5. The monoisotopic (exact) mass is 332 g/mol. The fourth-order valence-corrected chi connectivity index (χ4v) is 2.24. The van der Waals surface area contributed by atoms with Crippen molar-refractivity contribution in [3.05, 3.63) is 56.8 Å². The Bertz CT molecular complexity index is 671. The van der Waals surface area contributed by atoms with E-state index in [2.05, 4.69) is 5.32 Å². The SMILES string of the molecule is Nc1cc(Cl)c(Cl)c(C(=O)Nc2cc(F)cc(Cl)c2)c1. The van der Waals surface area contributed by atoms with Gasteiger partial charge in [-0.05, 0) is 30.3 Å². The van der Waals surface area contributed by atoms with Crippen molar-refractivity contribution in [1.29, 1.82) is 0 Å². The highest BCUT2D eigenvalue weighted by Crippen LogP contribution is 2.29. The molecule has 3 nitrogen and oxygen atoms in total. The van der Waals surface area contributed by atoms with Gasteiger partial charge in [-0.1, -0.05) is 34.8 Å². The second-order valence-electron chi connectivity index (χ2n) is 3.98. The average Bonchev–Trinajstić information content (AvgIpc) is 2.32. The standard InChI is InChI=1S/C13H8Cl3FN2O/c14-6-1-7(17)3-9(2-6)19-13(20)10-4-8(18)5-11(15)12(10)16/h1-5H,18H2,(H,19,20). The van der Waals surface area contributed by atoms with Gasteiger partial charge in [0.1, 0.15) is 5.82 Å². The minimum absolute atomic E-state index is 0.0702. The van der Waals surface area contributed by atoms with E-state index in [4.69, 9.17) is 40.5 Å². The lowest BCUT2D eigenvalue weighted by Gasteiger charge is -2.09. The molecular weight excluding hydrogens is 326 g/mol. The number of hydrogen-bond acceptors (Lipinski definition) is 2. The van der Waals surface area contributed by atoms with Gasteiger partial charge in [0, 0.05) is 16.4 Å². The maximum Gasteiger partial charge on any atom is 0.257 e. The maximum atomic E-state index is 13.2. The van der Waals surface area contributed by atoms with Gasteiger partial charge in [0.2, 0.25) is 0 Å². The molecule has 3 N–H and O–H groups in total. The van der Waals surface area contributed by atoms with E-state index < -0.39 is 11.7 Å². The second-order valence-corrected chi connectivity index (χ2v) is 5.20. The summed E-state index contributed by atoms with van der Waals surface area (Å²) in [7, 11) is 0. The normalized spacial score (nSPS) is 10.4. The van der Waals surface area contributed by atoms with Crippen molar-refractivity contribution in [2.75, 3.05) is 11.1 Å². The van der Waals surface area contributed by atoms with Crippen LogP contribution in [0.5, 0.6) is 0 Å². The molecule has 1 amide bonds. The van der Waals surface area contributed by atoms with Crippen molar-refractivity contribution in [1.82, 2.24) is 0 Å². The number of rotatable bonds is 2. The number of hydrogen-bond donors (Lipinski definition) is 2. The van der Waals surface area contributed by atoms with Crippen molar-refractivity contribution in [3.63, 3.8) is 0 Å². The van der Waals surface area contributed by atoms with Gasteiger partial charge in [0.25, 0.3) is 5.91 Å². The van der Waals surface area contributed by atoms with E-state index in [0.29, 0.717) is 5.69 Å². The summed E-state index contributed by atoms with van der Waals surface area (Å²) < 4.78 is 13.2. The molecule has 104 valence electrons. The molecule has 2 aromatic carbocycles. The molecule has 0 radical (unpaired) electrons. The van der Waals surface area contributed by atoms with Crippen LogP contribution in [-0.2, 0) is 0 Å². The van der Waals surface area contributed by atoms with Crippen LogP contribution >= 0.6 is 34.8 Å². The lowest BCUT2D eigenvalue weighted by Crippen LogP contribution is -2.13. The highest BCUT2D eigenvalue weighted by molar-refractivity contribution is 6.44. The Balaban J connectivity index is 2.33. The summed E-state index contributed by atoms with van der Waals surface area (Å²) in [6, 6.07) is 6.47. The molecule has 2 aromatic rings. The molecule has 20 heavy (non-hydrogen) atoms. The van der Waals surface area contributed by atoms with Crippen LogP contribution in [0, 0.1) is 5.82 Å². The van der Waals surface area contributed by atoms with Crippen LogP contribution in [0.2, 0.25) is 15.1 Å². The molecule has 0 unspecified atom stereocenters. The molecule has 0 aliphatic carbocycles. The third-order valence-corrected chi connectivity index (χ3v) is 3.44. The Kier molecular flexibility index (Phi) is 4.38. The van der Waals surface area contributed by atoms with Gasteiger partial charge in [-0.25, -0.2) is 4.39 Å². The van der Waals surface area contributed by atoms with E-state index in [1.165, 1.54) is 18.2 Å². The summed E-state index contributed by atoms with van der Waals surface area (Å²) in [6.45, 7) is 0. The van der Waals surface area contributed by atoms with Crippen molar-refractivity contribution < 1.29 is 9.18 Å². The Morgan fingerprint density at radius 3 is 2.45 bits per heavy atom. The number of nitrogen functional groups attached to an aromatic ring is 1. The third kappa shape index (κ3) is 3.33. The maximum absolute atomic E-state index is 13.2. The highest BCUT2D eigenvalue weighted by Gasteiger charge is 2.15. The highest BCUT2D eigenvalue weighted by atomic mass is 35.5. The summed E-state index contributed by atoms with van der Waals surface area (Å²) in [4.78, 5) is 12.1. The van der Waals surface area contributed by atoms with Crippen LogP contribution in [0.25, 0.3) is 0 Å². The number of benzene rings is 2. The zero-order chi connectivity index (χ0) is 14.9. The van der Waals surface area contributed by atoms with E-state index in [1.54, 1.807) is 0 Å². The molecule has 0 bridgehead atoms.